The van der Waals surface area contributed by atoms with Crippen LogP contribution in [-0.2, 0) is 48.5 Å². The maximum absolute atomic E-state index is 9.00. The second kappa shape index (κ2) is 33.5. The van der Waals surface area contributed by atoms with Gasteiger partial charge < -0.3 is 48.1 Å². The van der Waals surface area contributed by atoms with Crippen LogP contribution in [0.3, 0.4) is 0 Å². The molecule has 18 heteroatoms. The minimum Gasteiger partial charge on any atom is -0.481 e. The van der Waals surface area contributed by atoms with Crippen molar-refractivity contribution in [1.29, 1.82) is 0 Å². The summed E-state index contributed by atoms with van der Waals surface area (Å²) >= 11 is 0. The van der Waals surface area contributed by atoms with Crippen LogP contribution in [-0.4, -0.2) is 49.3 Å². The number of fused-ring (bicyclic) bond motifs is 4. The third-order valence-corrected chi connectivity index (χ3v) is 25.6. The average Bonchev–Trinajstić information content (AvgIpc) is 1.33. The molecule has 488 valence electrons. The first-order valence-corrected chi connectivity index (χ1v) is 36.3. The van der Waals surface area contributed by atoms with Crippen LogP contribution >= 0.6 is 31.7 Å². The van der Waals surface area contributed by atoms with E-state index in [0.717, 1.165) is 82.1 Å². The summed E-state index contributed by atoms with van der Waals surface area (Å²) in [4.78, 5) is 18.0. The zero-order valence-corrected chi connectivity index (χ0v) is 60.1. The monoisotopic (exact) mass is 1540 g/mol. The SMILES string of the molecule is CC(=O)O.CC(=O)O.[Ru+2].[Ru+2].c1ccc(P(c2ccccc2)c2ccc3c(c2-c2c(P(c4ccccc4)c4ccccc4)ccc4c2OCO4)OCO3)cc1.c1ccc(P(c2ccccc2)c2ccc3c(c2-c2c(P(c4ccccc4)c4ccccc4)ccc4c2OCO4)OCO3)cc1. The van der Waals surface area contributed by atoms with Gasteiger partial charge in [-0.3, -0.25) is 9.59 Å². The number of hydrogen-bond donors (Lipinski definition) is 2. The van der Waals surface area contributed by atoms with E-state index in [1.54, 1.807) is 0 Å². The van der Waals surface area contributed by atoms with E-state index >= 15 is 0 Å². The van der Waals surface area contributed by atoms with Crippen molar-refractivity contribution in [2.75, 3.05) is 27.2 Å². The molecule has 0 unspecified atom stereocenters. The van der Waals surface area contributed by atoms with E-state index < -0.39 is 43.6 Å². The minimum atomic E-state index is -0.968. The van der Waals surface area contributed by atoms with Crippen LogP contribution in [0.15, 0.2) is 291 Å². The number of carboxylic acids is 2. The van der Waals surface area contributed by atoms with E-state index in [0.29, 0.717) is 0 Å². The van der Waals surface area contributed by atoms with Gasteiger partial charge in [-0.15, -0.1) is 0 Å². The van der Waals surface area contributed by atoms with Gasteiger partial charge in [0.15, 0.2) is 46.0 Å². The largest absolute Gasteiger partial charge is 2.00 e. The van der Waals surface area contributed by atoms with Gasteiger partial charge in [0.05, 0.1) is 0 Å². The predicted molar refractivity (Wildman–Crippen MR) is 390 cm³/mol. The molecule has 12 aromatic rings. The molecular weight excluding hydrogens is 1480 g/mol. The fourth-order valence-electron chi connectivity index (χ4n) is 11.9. The molecule has 12 aromatic carbocycles. The van der Waals surface area contributed by atoms with Crippen molar-refractivity contribution in [2.45, 2.75) is 13.8 Å². The van der Waals surface area contributed by atoms with Crippen LogP contribution in [0, 0.1) is 0 Å². The van der Waals surface area contributed by atoms with Crippen molar-refractivity contribution in [3.63, 3.8) is 0 Å². The summed E-state index contributed by atoms with van der Waals surface area (Å²) in [5.41, 5.74) is 4.04. The molecule has 0 aromatic heterocycles. The zero-order chi connectivity index (χ0) is 65.7. The standard InChI is InChI=1S/2C38H28O4P2.2C2H4O2.2Ru/c2*1-5-13-27(14-6-1)43(28-15-7-2-8-16-28)33-23-21-31-37(41-25-39-31)35(33)36-34(24-22-32-38(36)42-26-40-32)44(29-17-9-3-10-18-29)30-19-11-4-12-20-30;2*1-2(3)4;;/h2*1-24H,25-26H2;2*1H3,(H,3,4);;/q;;;;2*+2. The van der Waals surface area contributed by atoms with Crippen LogP contribution in [0.5, 0.6) is 46.0 Å². The number of ether oxygens (including phenoxy) is 8. The van der Waals surface area contributed by atoms with E-state index in [1.165, 1.54) is 63.7 Å². The molecule has 2 N–H and O–H groups in total. The molecule has 12 nitrogen and oxygen atoms in total. The molecule has 0 saturated heterocycles. The molecular formula is C80H64O12P4Ru2+4. The molecule has 4 aliphatic heterocycles. The zero-order valence-electron chi connectivity index (χ0n) is 53.0. The van der Waals surface area contributed by atoms with Crippen molar-refractivity contribution >= 4 is 107 Å². The number of carbonyl (C=O) groups is 2. The molecule has 0 aliphatic carbocycles. The fourth-order valence-corrected chi connectivity index (χ4v) is 21.7. The Kier molecular flexibility index (Phi) is 24.0. The molecule has 0 radical (unpaired) electrons. The summed E-state index contributed by atoms with van der Waals surface area (Å²) in [5, 5.41) is 29.6. The Hall–Kier alpha value is -9.05. The van der Waals surface area contributed by atoms with Crippen molar-refractivity contribution in [2.24, 2.45) is 0 Å². The summed E-state index contributed by atoms with van der Waals surface area (Å²) in [6.07, 6.45) is 0. The van der Waals surface area contributed by atoms with Crippen LogP contribution in [0.4, 0.5) is 0 Å². The Balaban J connectivity index is 0.000000176. The van der Waals surface area contributed by atoms with Gasteiger partial charge in [-0.1, -0.05) is 243 Å². The molecule has 0 amide bonds. The average molecular weight is 1540 g/mol. The molecule has 0 saturated carbocycles. The number of hydrogen-bond acceptors (Lipinski definition) is 10. The van der Waals surface area contributed by atoms with Gasteiger partial charge in [-0.25, -0.2) is 0 Å². The van der Waals surface area contributed by atoms with Crippen LogP contribution in [0.2, 0.25) is 0 Å². The summed E-state index contributed by atoms with van der Waals surface area (Å²) in [7, 11) is -3.87. The second-order valence-electron chi connectivity index (χ2n) is 21.8. The van der Waals surface area contributed by atoms with Gasteiger partial charge in [0, 0.05) is 36.1 Å². The quantitative estimate of drug-likeness (QED) is 0.0788. The Morgan fingerprint density at radius 2 is 0.388 bits per heavy atom. The normalized spacial score (nSPS) is 12.2. The topological polar surface area (TPSA) is 148 Å². The minimum absolute atomic E-state index is 0. The number of benzene rings is 12. The molecule has 0 spiro atoms. The van der Waals surface area contributed by atoms with Gasteiger partial charge in [-0.2, -0.15) is 0 Å². The Bertz CT molecular complexity index is 3910. The third-order valence-electron chi connectivity index (χ3n) is 15.6. The van der Waals surface area contributed by atoms with E-state index in [-0.39, 0.29) is 66.1 Å². The van der Waals surface area contributed by atoms with Gasteiger partial charge in [0.1, 0.15) is 0 Å². The smallest absolute Gasteiger partial charge is 0.481 e. The second-order valence-corrected chi connectivity index (χ2v) is 30.6. The van der Waals surface area contributed by atoms with E-state index in [9.17, 15) is 0 Å². The van der Waals surface area contributed by atoms with Crippen molar-refractivity contribution in [3.05, 3.63) is 291 Å². The molecule has 0 fully saturated rings. The molecule has 0 atom stereocenters. The summed E-state index contributed by atoms with van der Waals surface area (Å²) in [5.74, 6) is 4.31. The van der Waals surface area contributed by atoms with Gasteiger partial charge in [-0.05, 0) is 144 Å². The van der Waals surface area contributed by atoms with Gasteiger partial charge in [0.25, 0.3) is 11.9 Å². The molecule has 16 rings (SSSR count). The third kappa shape index (κ3) is 15.6. The summed E-state index contributed by atoms with van der Waals surface area (Å²) in [6, 6.07) is 103. The number of rotatable bonds is 14. The summed E-state index contributed by atoms with van der Waals surface area (Å²) < 4.78 is 49.5. The Morgan fingerprint density at radius 3 is 0.531 bits per heavy atom. The molecule has 4 aliphatic rings. The van der Waals surface area contributed by atoms with E-state index in [2.05, 4.69) is 291 Å². The summed E-state index contributed by atoms with van der Waals surface area (Å²) in [6.45, 7) is 2.87. The van der Waals surface area contributed by atoms with E-state index in [4.69, 9.17) is 57.7 Å². The van der Waals surface area contributed by atoms with E-state index in [1.807, 2.05) is 0 Å². The van der Waals surface area contributed by atoms with Crippen molar-refractivity contribution in [1.82, 2.24) is 0 Å². The van der Waals surface area contributed by atoms with Gasteiger partial charge in [0.2, 0.25) is 27.2 Å². The van der Waals surface area contributed by atoms with Crippen LogP contribution in [0.1, 0.15) is 13.8 Å². The maximum Gasteiger partial charge on any atom is 2.00 e. The predicted octanol–water partition coefficient (Wildman–Crippen LogP) is 12.8. The van der Waals surface area contributed by atoms with Crippen LogP contribution in [0.25, 0.3) is 22.3 Å². The Morgan fingerprint density at radius 1 is 0.245 bits per heavy atom. The van der Waals surface area contributed by atoms with Crippen molar-refractivity contribution < 1.29 is 96.7 Å². The maximum atomic E-state index is 9.00. The van der Waals surface area contributed by atoms with Crippen molar-refractivity contribution in [3.8, 4) is 68.2 Å². The Labute approximate surface area is 600 Å². The molecule has 4 heterocycles. The van der Waals surface area contributed by atoms with Gasteiger partial charge >= 0.3 is 39.0 Å². The van der Waals surface area contributed by atoms with Crippen LogP contribution < -0.4 is 102 Å². The first kappa shape index (κ1) is 70.3. The number of carboxylic acid groups (broad SMARTS) is 2. The molecule has 0 bridgehead atoms. The first-order valence-electron chi connectivity index (χ1n) is 30.9. The fraction of sp³-hybridized carbons (Fsp3) is 0.0750. The molecule has 98 heavy (non-hydrogen) atoms. The first-order chi connectivity index (χ1) is 47.2. The number of aliphatic carboxylic acids is 2.